The van der Waals surface area contributed by atoms with E-state index in [-0.39, 0.29) is 5.54 Å². The molecule has 1 unspecified atom stereocenters. The molecule has 23 heavy (non-hydrogen) atoms. The smallest absolute Gasteiger partial charge is 0.150 e. The first-order valence-corrected chi connectivity index (χ1v) is 8.34. The molecule has 4 N–H and O–H groups in total. The van der Waals surface area contributed by atoms with Crippen LogP contribution in [0.15, 0.2) is 36.5 Å². The summed E-state index contributed by atoms with van der Waals surface area (Å²) in [6.07, 6.45) is 3.78. The number of aryl methyl sites for hydroxylation is 1. The fourth-order valence-corrected chi connectivity index (χ4v) is 3.25. The number of aromatic nitrogens is 2. The molecule has 3 rings (SSSR count). The molecule has 1 aromatic heterocycles. The number of nitrogen functional groups attached to an aromatic ring is 1. The predicted octanol–water partition coefficient (Wildman–Crippen LogP) is 2.59. The molecule has 1 aromatic carbocycles. The Kier molecular flexibility index (Phi) is 4.31. The van der Waals surface area contributed by atoms with Gasteiger partial charge < -0.3 is 16.4 Å². The quantitative estimate of drug-likeness (QED) is 0.890. The van der Waals surface area contributed by atoms with Crippen molar-refractivity contribution in [1.82, 2.24) is 9.78 Å². The van der Waals surface area contributed by atoms with E-state index in [1.807, 2.05) is 18.5 Å². The maximum atomic E-state index is 6.19. The van der Waals surface area contributed by atoms with E-state index >= 15 is 0 Å². The molecule has 2 aromatic rings. The summed E-state index contributed by atoms with van der Waals surface area (Å²) in [4.78, 5) is 2.36. The van der Waals surface area contributed by atoms with Crippen molar-refractivity contribution in [2.24, 2.45) is 5.73 Å². The van der Waals surface area contributed by atoms with E-state index in [1.54, 1.807) is 6.20 Å². The summed E-state index contributed by atoms with van der Waals surface area (Å²) in [5.41, 5.74) is 14.3. The zero-order valence-corrected chi connectivity index (χ0v) is 14.1. The predicted molar refractivity (Wildman–Crippen MR) is 95.5 cm³/mol. The molecule has 0 bridgehead atoms. The van der Waals surface area contributed by atoms with Crippen LogP contribution in [0.1, 0.15) is 38.2 Å². The van der Waals surface area contributed by atoms with Crippen LogP contribution in [0.25, 0.3) is 0 Å². The molecule has 1 atom stereocenters. The molecule has 0 saturated carbocycles. The lowest BCUT2D eigenvalue weighted by Gasteiger charge is -2.23. The van der Waals surface area contributed by atoms with Gasteiger partial charge in [-0.1, -0.05) is 30.3 Å². The molecule has 5 nitrogen and oxygen atoms in total. The molecule has 0 amide bonds. The third kappa shape index (κ3) is 3.67. The van der Waals surface area contributed by atoms with Gasteiger partial charge in [0.1, 0.15) is 5.82 Å². The van der Waals surface area contributed by atoms with E-state index in [1.165, 1.54) is 5.56 Å². The van der Waals surface area contributed by atoms with Gasteiger partial charge in [0.05, 0.1) is 11.9 Å². The minimum absolute atomic E-state index is 0.199. The Balaban J connectivity index is 1.74. The number of hydrogen-bond acceptors (Lipinski definition) is 4. The fraction of sp³-hybridized carbons (Fsp3) is 0.500. The van der Waals surface area contributed by atoms with E-state index < -0.39 is 0 Å². The summed E-state index contributed by atoms with van der Waals surface area (Å²) in [5, 5.41) is 4.46. The van der Waals surface area contributed by atoms with Crippen molar-refractivity contribution < 1.29 is 0 Å². The van der Waals surface area contributed by atoms with Crippen LogP contribution in [0.5, 0.6) is 0 Å². The van der Waals surface area contributed by atoms with Crippen LogP contribution < -0.4 is 16.4 Å². The number of benzene rings is 1. The number of nitrogens with two attached hydrogens (primary N) is 2. The highest BCUT2D eigenvalue weighted by Gasteiger charge is 2.27. The summed E-state index contributed by atoms with van der Waals surface area (Å²) >= 11 is 0. The van der Waals surface area contributed by atoms with Crippen LogP contribution in [0.2, 0.25) is 0 Å². The highest BCUT2D eigenvalue weighted by Crippen LogP contribution is 2.33. The Morgan fingerprint density at radius 1 is 1.26 bits per heavy atom. The van der Waals surface area contributed by atoms with Crippen molar-refractivity contribution in [3.63, 3.8) is 0 Å². The maximum Gasteiger partial charge on any atom is 0.150 e. The molecule has 1 aliphatic rings. The number of nitrogens with zero attached hydrogens (tertiary/aromatic N) is 3. The monoisotopic (exact) mass is 313 g/mol. The Morgan fingerprint density at radius 3 is 2.70 bits per heavy atom. The molecule has 0 radical (unpaired) electrons. The lowest BCUT2D eigenvalue weighted by atomic mass is 9.99. The van der Waals surface area contributed by atoms with Crippen LogP contribution in [-0.4, -0.2) is 28.4 Å². The lowest BCUT2D eigenvalue weighted by Crippen LogP contribution is -2.34. The van der Waals surface area contributed by atoms with Crippen molar-refractivity contribution in [3.05, 3.63) is 42.1 Å². The van der Waals surface area contributed by atoms with Gasteiger partial charge >= 0.3 is 0 Å². The topological polar surface area (TPSA) is 73.1 Å². The average molecular weight is 313 g/mol. The van der Waals surface area contributed by atoms with Crippen LogP contribution in [0, 0.1) is 0 Å². The number of anilines is 2. The summed E-state index contributed by atoms with van der Waals surface area (Å²) in [6.45, 7) is 6.89. The molecule has 2 heterocycles. The van der Waals surface area contributed by atoms with E-state index in [9.17, 15) is 0 Å². The van der Waals surface area contributed by atoms with Gasteiger partial charge in [0, 0.05) is 31.1 Å². The first-order valence-electron chi connectivity index (χ1n) is 8.34. The van der Waals surface area contributed by atoms with E-state index in [4.69, 9.17) is 11.5 Å². The van der Waals surface area contributed by atoms with Crippen LogP contribution in [0.4, 0.5) is 11.5 Å². The summed E-state index contributed by atoms with van der Waals surface area (Å²) < 4.78 is 2.01. The highest BCUT2D eigenvalue weighted by molar-refractivity contribution is 5.63. The van der Waals surface area contributed by atoms with Gasteiger partial charge in [0.2, 0.25) is 0 Å². The second-order valence-corrected chi connectivity index (χ2v) is 7.23. The van der Waals surface area contributed by atoms with Gasteiger partial charge in [-0.3, -0.25) is 0 Å². The van der Waals surface area contributed by atoms with Gasteiger partial charge in [-0.15, -0.1) is 0 Å². The second kappa shape index (κ2) is 6.24. The third-order valence-corrected chi connectivity index (χ3v) is 4.57. The molecule has 1 saturated heterocycles. The summed E-state index contributed by atoms with van der Waals surface area (Å²) in [6, 6.07) is 10.7. The Hall–Kier alpha value is -2.01. The lowest BCUT2D eigenvalue weighted by molar-refractivity contribution is 0.420. The average Bonchev–Trinajstić information content (AvgIpc) is 3.12. The van der Waals surface area contributed by atoms with E-state index in [2.05, 4.69) is 40.3 Å². The zero-order valence-electron chi connectivity index (χ0n) is 14.1. The molecule has 0 spiro atoms. The van der Waals surface area contributed by atoms with Crippen molar-refractivity contribution in [3.8, 4) is 0 Å². The van der Waals surface area contributed by atoms with Crippen LogP contribution >= 0.6 is 0 Å². The molecule has 5 heteroatoms. The SMILES string of the molecule is CC(C)(N)CCn1ncc(N)c1N1CCC(c2ccccc2)C1. The molecule has 1 aliphatic heterocycles. The molecular formula is C18H27N5. The van der Waals surface area contributed by atoms with Gasteiger partial charge in [-0.05, 0) is 32.3 Å². The Morgan fingerprint density at radius 2 is 2.00 bits per heavy atom. The zero-order chi connectivity index (χ0) is 16.4. The van der Waals surface area contributed by atoms with E-state index in [0.29, 0.717) is 5.92 Å². The molecular weight excluding hydrogens is 286 g/mol. The third-order valence-electron chi connectivity index (χ3n) is 4.57. The first kappa shape index (κ1) is 15.9. The Labute approximate surface area is 138 Å². The molecule has 1 fully saturated rings. The number of rotatable bonds is 5. The second-order valence-electron chi connectivity index (χ2n) is 7.23. The van der Waals surface area contributed by atoms with Crippen LogP contribution in [-0.2, 0) is 6.54 Å². The fourth-order valence-electron chi connectivity index (χ4n) is 3.25. The maximum absolute atomic E-state index is 6.19. The normalized spacial score (nSPS) is 18.6. The summed E-state index contributed by atoms with van der Waals surface area (Å²) in [5.74, 6) is 1.61. The van der Waals surface area contributed by atoms with Crippen LogP contribution in [0.3, 0.4) is 0 Å². The van der Waals surface area contributed by atoms with Crippen molar-refractivity contribution in [2.75, 3.05) is 23.7 Å². The van der Waals surface area contributed by atoms with Gasteiger partial charge in [0.25, 0.3) is 0 Å². The van der Waals surface area contributed by atoms with Gasteiger partial charge in [0.15, 0.2) is 0 Å². The largest absolute Gasteiger partial charge is 0.394 e. The first-order chi connectivity index (χ1) is 10.9. The standard InChI is InChI=1S/C18H27N5/c1-18(2,20)9-11-23-17(16(19)12-21-23)22-10-8-15(13-22)14-6-4-3-5-7-14/h3-7,12,15H,8-11,13,19-20H2,1-2H3. The van der Waals surface area contributed by atoms with Crippen molar-refractivity contribution in [2.45, 2.75) is 44.7 Å². The number of hydrogen-bond donors (Lipinski definition) is 2. The molecule has 0 aliphatic carbocycles. The van der Waals surface area contributed by atoms with Crippen molar-refractivity contribution >= 4 is 11.5 Å². The Bertz CT molecular complexity index is 641. The van der Waals surface area contributed by atoms with E-state index in [0.717, 1.165) is 44.0 Å². The van der Waals surface area contributed by atoms with Gasteiger partial charge in [-0.25, -0.2) is 4.68 Å². The minimum atomic E-state index is -0.199. The highest BCUT2D eigenvalue weighted by atomic mass is 15.4. The molecule has 124 valence electrons. The minimum Gasteiger partial charge on any atom is -0.394 e. The van der Waals surface area contributed by atoms with Gasteiger partial charge in [-0.2, -0.15) is 5.10 Å². The van der Waals surface area contributed by atoms with Crippen molar-refractivity contribution in [1.29, 1.82) is 0 Å². The summed E-state index contributed by atoms with van der Waals surface area (Å²) in [7, 11) is 0.